The lowest BCUT2D eigenvalue weighted by molar-refractivity contribution is -0.137. The van der Waals surface area contributed by atoms with Gasteiger partial charge in [-0.15, -0.1) is 0 Å². The zero-order valence-corrected chi connectivity index (χ0v) is 13.5. The third-order valence-corrected chi connectivity index (χ3v) is 3.74. The Balaban J connectivity index is 2.60. The molecule has 0 aliphatic carbocycles. The van der Waals surface area contributed by atoms with Gasteiger partial charge in [0.2, 0.25) is 0 Å². The van der Waals surface area contributed by atoms with Gasteiger partial charge in [-0.3, -0.25) is 9.59 Å². The van der Waals surface area contributed by atoms with Crippen LogP contribution in [-0.4, -0.2) is 23.5 Å². The van der Waals surface area contributed by atoms with Gasteiger partial charge in [-0.25, -0.2) is 0 Å². The number of carboxylic acid groups (broad SMARTS) is 1. The van der Waals surface area contributed by atoms with Crippen LogP contribution in [0.1, 0.15) is 23.7 Å². The summed E-state index contributed by atoms with van der Waals surface area (Å²) in [4.78, 5) is 22.4. The molecule has 98 valence electrons. The minimum Gasteiger partial charge on any atom is -0.481 e. The highest BCUT2D eigenvalue weighted by atomic mass is 127. The molecule has 0 aliphatic rings. The summed E-state index contributed by atoms with van der Waals surface area (Å²) in [5.74, 6) is -1.12. The summed E-state index contributed by atoms with van der Waals surface area (Å²) in [5, 5.41) is 11.4. The van der Waals surface area contributed by atoms with Gasteiger partial charge >= 0.3 is 5.97 Å². The summed E-state index contributed by atoms with van der Waals surface area (Å²) in [6, 6.07) is 5.46. The fraction of sp³-hybridized carbons (Fsp3) is 0.333. The number of hydrogen-bond acceptors (Lipinski definition) is 2. The van der Waals surface area contributed by atoms with Crippen LogP contribution in [0.3, 0.4) is 0 Å². The Labute approximate surface area is 127 Å². The molecule has 6 heteroatoms. The quantitative estimate of drug-likeness (QED) is 0.713. The van der Waals surface area contributed by atoms with E-state index < -0.39 is 5.97 Å². The molecule has 1 rings (SSSR count). The second-order valence-electron chi connectivity index (χ2n) is 4.04. The van der Waals surface area contributed by atoms with Gasteiger partial charge in [0, 0.05) is 21.0 Å². The molecule has 0 aliphatic heterocycles. The van der Waals surface area contributed by atoms with Gasteiger partial charge in [0.15, 0.2) is 0 Å². The Hall–Kier alpha value is -0.630. The van der Waals surface area contributed by atoms with Gasteiger partial charge in [-0.1, -0.05) is 22.9 Å². The molecule has 1 aromatic carbocycles. The van der Waals surface area contributed by atoms with Gasteiger partial charge < -0.3 is 10.4 Å². The Bertz CT molecular complexity index is 465. The average Bonchev–Trinajstić information content (AvgIpc) is 2.28. The van der Waals surface area contributed by atoms with Crippen molar-refractivity contribution in [2.45, 2.75) is 13.3 Å². The number of carbonyl (C=O) groups excluding carboxylic acids is 1. The molecule has 4 nitrogen and oxygen atoms in total. The summed E-state index contributed by atoms with van der Waals surface area (Å²) >= 11 is 5.41. The standard InChI is InChI=1S/C12H13BrINO3/c1-7(4-11(16)17)6-15-12(18)9-5-8(13)2-3-10(9)14/h2-3,5,7H,4,6H2,1H3,(H,15,18)(H,16,17). The second kappa shape index (κ2) is 7.08. The van der Waals surface area contributed by atoms with Crippen LogP contribution in [0.4, 0.5) is 0 Å². The molecule has 1 amide bonds. The topological polar surface area (TPSA) is 66.4 Å². The van der Waals surface area contributed by atoms with Crippen LogP contribution in [0, 0.1) is 9.49 Å². The van der Waals surface area contributed by atoms with Crippen molar-refractivity contribution in [2.24, 2.45) is 5.92 Å². The first kappa shape index (κ1) is 15.4. The number of carboxylic acids is 1. The van der Waals surface area contributed by atoms with E-state index in [4.69, 9.17) is 5.11 Å². The molecule has 18 heavy (non-hydrogen) atoms. The monoisotopic (exact) mass is 425 g/mol. The average molecular weight is 426 g/mol. The van der Waals surface area contributed by atoms with E-state index >= 15 is 0 Å². The van der Waals surface area contributed by atoms with Gasteiger partial charge in [0.05, 0.1) is 5.56 Å². The molecule has 0 heterocycles. The number of nitrogens with one attached hydrogen (secondary N) is 1. The number of amides is 1. The molecule has 0 aromatic heterocycles. The van der Waals surface area contributed by atoms with Crippen molar-refractivity contribution in [3.8, 4) is 0 Å². The summed E-state index contributed by atoms with van der Waals surface area (Å²) in [6.07, 6.45) is 0.0514. The van der Waals surface area contributed by atoms with E-state index in [1.165, 1.54) is 0 Å². The minimum absolute atomic E-state index is 0.0514. The largest absolute Gasteiger partial charge is 0.481 e. The fourth-order valence-electron chi connectivity index (χ4n) is 1.40. The first-order valence-corrected chi connectivity index (χ1v) is 7.22. The molecule has 0 spiro atoms. The van der Waals surface area contributed by atoms with E-state index in [-0.39, 0.29) is 18.2 Å². The summed E-state index contributed by atoms with van der Waals surface area (Å²) in [7, 11) is 0. The zero-order valence-electron chi connectivity index (χ0n) is 9.74. The molecule has 0 saturated heterocycles. The fourth-order valence-corrected chi connectivity index (χ4v) is 2.35. The highest BCUT2D eigenvalue weighted by Gasteiger charge is 2.13. The lowest BCUT2D eigenvalue weighted by Gasteiger charge is -2.11. The van der Waals surface area contributed by atoms with E-state index in [0.717, 1.165) is 8.04 Å². The Kier molecular flexibility index (Phi) is 6.07. The number of carbonyl (C=O) groups is 2. The molecule has 1 unspecified atom stereocenters. The normalized spacial score (nSPS) is 11.9. The van der Waals surface area contributed by atoms with Crippen LogP contribution in [-0.2, 0) is 4.79 Å². The van der Waals surface area contributed by atoms with Gasteiger partial charge in [0.25, 0.3) is 5.91 Å². The molecule has 0 bridgehead atoms. The molecule has 0 saturated carbocycles. The van der Waals surface area contributed by atoms with Crippen LogP contribution in [0.15, 0.2) is 22.7 Å². The molecule has 1 aromatic rings. The maximum atomic E-state index is 11.9. The van der Waals surface area contributed by atoms with Crippen molar-refractivity contribution in [2.75, 3.05) is 6.54 Å². The number of aliphatic carboxylic acids is 1. The van der Waals surface area contributed by atoms with E-state index in [0.29, 0.717) is 12.1 Å². The molecule has 0 radical (unpaired) electrons. The van der Waals surface area contributed by atoms with Crippen LogP contribution < -0.4 is 5.32 Å². The number of benzene rings is 1. The minimum atomic E-state index is -0.853. The lowest BCUT2D eigenvalue weighted by Crippen LogP contribution is -2.29. The van der Waals surface area contributed by atoms with Crippen molar-refractivity contribution in [3.05, 3.63) is 31.8 Å². The summed E-state index contributed by atoms with van der Waals surface area (Å²) in [6.45, 7) is 2.15. The second-order valence-corrected chi connectivity index (χ2v) is 6.12. The van der Waals surface area contributed by atoms with Gasteiger partial charge in [0.1, 0.15) is 0 Å². The Morgan fingerprint density at radius 2 is 2.17 bits per heavy atom. The van der Waals surface area contributed by atoms with Gasteiger partial charge in [-0.2, -0.15) is 0 Å². The van der Waals surface area contributed by atoms with Crippen LogP contribution in [0.5, 0.6) is 0 Å². The molecular weight excluding hydrogens is 413 g/mol. The Morgan fingerprint density at radius 1 is 1.50 bits per heavy atom. The van der Waals surface area contributed by atoms with E-state index in [2.05, 4.69) is 43.8 Å². The highest BCUT2D eigenvalue weighted by Crippen LogP contribution is 2.18. The van der Waals surface area contributed by atoms with Gasteiger partial charge in [-0.05, 0) is 46.7 Å². The predicted molar refractivity (Wildman–Crippen MR) is 80.6 cm³/mol. The third-order valence-electron chi connectivity index (χ3n) is 2.31. The maximum absolute atomic E-state index is 11.9. The smallest absolute Gasteiger partial charge is 0.303 e. The van der Waals surface area contributed by atoms with E-state index in [9.17, 15) is 9.59 Å². The summed E-state index contributed by atoms with van der Waals surface area (Å²) < 4.78 is 1.70. The summed E-state index contributed by atoms with van der Waals surface area (Å²) in [5.41, 5.74) is 0.590. The molecule has 1 atom stereocenters. The van der Waals surface area contributed by atoms with Crippen LogP contribution in [0.2, 0.25) is 0 Å². The SMILES string of the molecule is CC(CNC(=O)c1cc(Br)ccc1I)CC(=O)O. The number of hydrogen-bond donors (Lipinski definition) is 2. The van der Waals surface area contributed by atoms with Crippen LogP contribution in [0.25, 0.3) is 0 Å². The van der Waals surface area contributed by atoms with Crippen LogP contribution >= 0.6 is 38.5 Å². The van der Waals surface area contributed by atoms with Crippen molar-refractivity contribution < 1.29 is 14.7 Å². The van der Waals surface area contributed by atoms with E-state index in [1.54, 1.807) is 13.0 Å². The highest BCUT2D eigenvalue weighted by molar-refractivity contribution is 14.1. The first-order valence-electron chi connectivity index (χ1n) is 5.35. The van der Waals surface area contributed by atoms with Crippen molar-refractivity contribution in [1.82, 2.24) is 5.32 Å². The molecular formula is C12H13BrINO3. The number of rotatable bonds is 5. The molecule has 0 fully saturated rings. The number of halogens is 2. The zero-order chi connectivity index (χ0) is 13.7. The van der Waals surface area contributed by atoms with Crippen molar-refractivity contribution in [3.63, 3.8) is 0 Å². The van der Waals surface area contributed by atoms with E-state index in [1.807, 2.05) is 12.1 Å². The predicted octanol–water partition coefficient (Wildman–Crippen LogP) is 2.89. The van der Waals surface area contributed by atoms with Crippen molar-refractivity contribution in [1.29, 1.82) is 0 Å². The lowest BCUT2D eigenvalue weighted by atomic mass is 10.1. The van der Waals surface area contributed by atoms with Crippen molar-refractivity contribution >= 4 is 50.4 Å². The Morgan fingerprint density at radius 3 is 2.78 bits per heavy atom. The third kappa shape index (κ3) is 4.93. The first-order chi connectivity index (χ1) is 8.40. The maximum Gasteiger partial charge on any atom is 0.303 e. The molecule has 2 N–H and O–H groups in total.